The number of hydrogen-bond acceptors (Lipinski definition) is 2. The highest BCUT2D eigenvalue weighted by molar-refractivity contribution is 7.99. The van der Waals surface area contributed by atoms with Crippen LogP contribution >= 0.6 is 23.4 Å². The van der Waals surface area contributed by atoms with E-state index in [-0.39, 0.29) is 0 Å². The first-order valence-corrected chi connectivity index (χ1v) is 7.60. The number of halogens is 1. The van der Waals surface area contributed by atoms with Gasteiger partial charge in [-0.15, -0.1) is 11.8 Å². The average molecular weight is 272 g/mol. The van der Waals surface area contributed by atoms with Crippen LogP contribution in [0.3, 0.4) is 0 Å². The van der Waals surface area contributed by atoms with Crippen LogP contribution in [0.15, 0.2) is 29.2 Å². The molecule has 0 spiro atoms. The van der Waals surface area contributed by atoms with Gasteiger partial charge in [0.05, 0.1) is 0 Å². The van der Waals surface area contributed by atoms with E-state index in [9.17, 15) is 0 Å². The largest absolute Gasteiger partial charge is 0.313 e. The second-order valence-electron chi connectivity index (χ2n) is 4.65. The van der Waals surface area contributed by atoms with Crippen molar-refractivity contribution >= 4 is 23.4 Å². The fourth-order valence-corrected chi connectivity index (χ4v) is 3.11. The molecule has 0 saturated heterocycles. The Labute approximate surface area is 114 Å². The van der Waals surface area contributed by atoms with Gasteiger partial charge in [0.1, 0.15) is 0 Å². The number of hydrogen-bond donors (Lipinski definition) is 1. The third kappa shape index (κ3) is 6.35. The van der Waals surface area contributed by atoms with E-state index in [0.29, 0.717) is 6.04 Å². The molecule has 1 rings (SSSR count). The van der Waals surface area contributed by atoms with E-state index in [1.54, 1.807) is 0 Å². The van der Waals surface area contributed by atoms with Gasteiger partial charge in [0, 0.05) is 21.7 Å². The zero-order valence-electron chi connectivity index (χ0n) is 10.9. The molecule has 1 aromatic rings. The standard InChI is InChI=1S/C14H22ClNS/c1-4-16-13(8-11(2)3)10-17-14-7-5-6-12(15)9-14/h5-7,9,11,13,16H,4,8,10H2,1-3H3. The maximum Gasteiger partial charge on any atom is 0.0417 e. The average Bonchev–Trinajstić information content (AvgIpc) is 2.26. The van der Waals surface area contributed by atoms with Gasteiger partial charge in [0.15, 0.2) is 0 Å². The highest BCUT2D eigenvalue weighted by Gasteiger charge is 2.10. The number of nitrogens with one attached hydrogen (secondary N) is 1. The molecule has 0 fully saturated rings. The van der Waals surface area contributed by atoms with Gasteiger partial charge in [-0.25, -0.2) is 0 Å². The Bertz CT molecular complexity index is 328. The molecule has 0 aromatic heterocycles. The van der Waals surface area contributed by atoms with Gasteiger partial charge in [0.25, 0.3) is 0 Å². The van der Waals surface area contributed by atoms with Gasteiger partial charge >= 0.3 is 0 Å². The molecule has 0 radical (unpaired) electrons. The van der Waals surface area contributed by atoms with Crippen molar-refractivity contribution in [2.24, 2.45) is 5.92 Å². The van der Waals surface area contributed by atoms with Crippen molar-refractivity contribution in [1.82, 2.24) is 5.32 Å². The predicted molar refractivity (Wildman–Crippen MR) is 79.1 cm³/mol. The Hall–Kier alpha value is -0.180. The second-order valence-corrected chi connectivity index (χ2v) is 6.18. The van der Waals surface area contributed by atoms with Crippen LogP contribution in [0.5, 0.6) is 0 Å². The number of thioether (sulfide) groups is 1. The van der Waals surface area contributed by atoms with E-state index in [2.05, 4.69) is 32.2 Å². The maximum atomic E-state index is 5.98. The molecule has 0 saturated carbocycles. The minimum Gasteiger partial charge on any atom is -0.313 e. The summed E-state index contributed by atoms with van der Waals surface area (Å²) in [5.41, 5.74) is 0. The van der Waals surface area contributed by atoms with Gasteiger partial charge in [-0.2, -0.15) is 0 Å². The van der Waals surface area contributed by atoms with Gasteiger partial charge in [-0.3, -0.25) is 0 Å². The first-order valence-electron chi connectivity index (χ1n) is 6.23. The molecular weight excluding hydrogens is 250 g/mol. The van der Waals surface area contributed by atoms with Gasteiger partial charge in [-0.1, -0.05) is 38.4 Å². The molecule has 1 nitrogen and oxygen atoms in total. The lowest BCUT2D eigenvalue weighted by Crippen LogP contribution is -2.32. The van der Waals surface area contributed by atoms with E-state index < -0.39 is 0 Å². The molecule has 96 valence electrons. The molecule has 1 N–H and O–H groups in total. The van der Waals surface area contributed by atoms with Crippen molar-refractivity contribution in [3.63, 3.8) is 0 Å². The Morgan fingerprint density at radius 3 is 2.71 bits per heavy atom. The molecule has 0 aliphatic heterocycles. The third-order valence-corrected chi connectivity index (χ3v) is 3.89. The van der Waals surface area contributed by atoms with E-state index in [4.69, 9.17) is 11.6 Å². The van der Waals surface area contributed by atoms with Gasteiger partial charge < -0.3 is 5.32 Å². The van der Waals surface area contributed by atoms with Crippen molar-refractivity contribution < 1.29 is 0 Å². The number of benzene rings is 1. The smallest absolute Gasteiger partial charge is 0.0417 e. The summed E-state index contributed by atoms with van der Waals surface area (Å²) in [6, 6.07) is 8.67. The van der Waals surface area contributed by atoms with Gasteiger partial charge in [0.2, 0.25) is 0 Å². The van der Waals surface area contributed by atoms with Crippen LogP contribution in [0.2, 0.25) is 5.02 Å². The fourth-order valence-electron chi connectivity index (χ4n) is 1.82. The highest BCUT2D eigenvalue weighted by Crippen LogP contribution is 2.23. The van der Waals surface area contributed by atoms with Crippen molar-refractivity contribution in [2.75, 3.05) is 12.3 Å². The van der Waals surface area contributed by atoms with E-state index >= 15 is 0 Å². The number of rotatable bonds is 7. The Morgan fingerprint density at radius 1 is 1.35 bits per heavy atom. The molecule has 1 atom stereocenters. The molecule has 1 aromatic carbocycles. The van der Waals surface area contributed by atoms with Crippen LogP contribution in [0, 0.1) is 5.92 Å². The lowest BCUT2D eigenvalue weighted by molar-refractivity contribution is 0.456. The summed E-state index contributed by atoms with van der Waals surface area (Å²) in [6.07, 6.45) is 1.22. The zero-order chi connectivity index (χ0) is 12.7. The van der Waals surface area contributed by atoms with Crippen LogP contribution in [-0.2, 0) is 0 Å². The lowest BCUT2D eigenvalue weighted by Gasteiger charge is -2.19. The fraction of sp³-hybridized carbons (Fsp3) is 0.571. The molecule has 0 bridgehead atoms. The summed E-state index contributed by atoms with van der Waals surface area (Å²) in [5.74, 6) is 1.84. The van der Waals surface area contributed by atoms with Crippen LogP contribution in [-0.4, -0.2) is 18.3 Å². The topological polar surface area (TPSA) is 12.0 Å². The quantitative estimate of drug-likeness (QED) is 0.735. The molecule has 0 aliphatic rings. The third-order valence-electron chi connectivity index (χ3n) is 2.50. The second kappa shape index (κ2) is 8.02. The molecule has 0 amide bonds. The Morgan fingerprint density at radius 2 is 2.12 bits per heavy atom. The molecular formula is C14H22ClNS. The minimum absolute atomic E-state index is 0.587. The predicted octanol–water partition coefficient (Wildman–Crippen LogP) is 4.46. The van der Waals surface area contributed by atoms with Crippen LogP contribution in [0.4, 0.5) is 0 Å². The first-order chi connectivity index (χ1) is 8.11. The van der Waals surface area contributed by atoms with Gasteiger partial charge in [-0.05, 0) is 37.1 Å². The lowest BCUT2D eigenvalue weighted by atomic mass is 10.1. The Kier molecular flexibility index (Phi) is 7.02. The molecule has 3 heteroatoms. The summed E-state index contributed by atoms with van der Waals surface area (Å²) in [4.78, 5) is 1.25. The van der Waals surface area contributed by atoms with Crippen molar-refractivity contribution in [3.05, 3.63) is 29.3 Å². The van der Waals surface area contributed by atoms with E-state index in [0.717, 1.165) is 23.2 Å². The molecule has 17 heavy (non-hydrogen) atoms. The van der Waals surface area contributed by atoms with Crippen molar-refractivity contribution in [3.8, 4) is 0 Å². The van der Waals surface area contributed by atoms with E-state index in [1.165, 1.54) is 11.3 Å². The van der Waals surface area contributed by atoms with Crippen molar-refractivity contribution in [1.29, 1.82) is 0 Å². The first kappa shape index (κ1) is 14.9. The minimum atomic E-state index is 0.587. The van der Waals surface area contributed by atoms with Crippen LogP contribution in [0.1, 0.15) is 27.2 Å². The van der Waals surface area contributed by atoms with E-state index in [1.807, 2.05) is 30.0 Å². The molecule has 0 heterocycles. The zero-order valence-corrected chi connectivity index (χ0v) is 12.4. The summed E-state index contributed by atoms with van der Waals surface area (Å²) < 4.78 is 0. The monoisotopic (exact) mass is 271 g/mol. The normalized spacial score (nSPS) is 13.0. The van der Waals surface area contributed by atoms with Crippen LogP contribution in [0.25, 0.3) is 0 Å². The SMILES string of the molecule is CCNC(CSc1cccc(Cl)c1)CC(C)C. The summed E-state index contributed by atoms with van der Waals surface area (Å²) >= 11 is 7.85. The molecule has 0 aliphatic carbocycles. The van der Waals surface area contributed by atoms with Crippen LogP contribution < -0.4 is 5.32 Å². The summed E-state index contributed by atoms with van der Waals surface area (Å²) in [5, 5.41) is 4.36. The summed E-state index contributed by atoms with van der Waals surface area (Å²) in [6.45, 7) is 7.74. The Balaban J connectivity index is 2.45. The highest BCUT2D eigenvalue weighted by atomic mass is 35.5. The summed E-state index contributed by atoms with van der Waals surface area (Å²) in [7, 11) is 0. The molecule has 1 unspecified atom stereocenters. The maximum absolute atomic E-state index is 5.98. The van der Waals surface area contributed by atoms with Crippen molar-refractivity contribution in [2.45, 2.75) is 38.1 Å².